The van der Waals surface area contributed by atoms with Crippen molar-refractivity contribution in [2.45, 2.75) is 26.7 Å². The Labute approximate surface area is 137 Å². The normalized spacial score (nSPS) is 10.3. The number of Topliss-reactive ketones (excluding diaryl/α,β-unsaturated/α-hetero) is 1. The van der Waals surface area contributed by atoms with Crippen LogP contribution < -0.4 is 4.74 Å². The van der Waals surface area contributed by atoms with Crippen LogP contribution in [-0.4, -0.2) is 17.8 Å². The monoisotopic (exact) mass is 312 g/mol. The number of thiocarbonyl (C=S) groups is 1. The van der Waals surface area contributed by atoms with Gasteiger partial charge in [-0.15, -0.1) is 0 Å². The van der Waals surface area contributed by atoms with Gasteiger partial charge in [0.1, 0.15) is 5.75 Å². The van der Waals surface area contributed by atoms with Crippen LogP contribution in [0.25, 0.3) is 0 Å². The maximum absolute atomic E-state index is 12.2. The summed E-state index contributed by atoms with van der Waals surface area (Å²) in [5.74, 6) is 0.925. The number of carbonyl (C=O) groups is 1. The largest absolute Gasteiger partial charge is 0.496 e. The molecule has 0 saturated carbocycles. The molecule has 0 aliphatic rings. The van der Waals surface area contributed by atoms with Gasteiger partial charge in [-0.1, -0.05) is 60.2 Å². The molecule has 2 rings (SSSR count). The summed E-state index contributed by atoms with van der Waals surface area (Å²) in [5.41, 5.74) is 4.02. The van der Waals surface area contributed by atoms with E-state index in [4.69, 9.17) is 17.0 Å². The quantitative estimate of drug-likeness (QED) is 0.580. The molecule has 2 aromatic rings. The number of carbonyl (C=O) groups excluding carboxylic acids is 1. The van der Waals surface area contributed by atoms with Crippen LogP contribution in [0.15, 0.2) is 42.5 Å². The van der Waals surface area contributed by atoms with Crippen molar-refractivity contribution in [1.82, 2.24) is 0 Å². The Hall–Kier alpha value is -2.00. The third kappa shape index (κ3) is 4.01. The average molecular weight is 312 g/mol. The molecule has 3 heteroatoms. The molecule has 0 aromatic heterocycles. The zero-order chi connectivity index (χ0) is 16.1. The number of hydrogen-bond acceptors (Lipinski definition) is 3. The van der Waals surface area contributed by atoms with Gasteiger partial charge in [-0.25, -0.2) is 0 Å². The summed E-state index contributed by atoms with van der Waals surface area (Å²) in [6.07, 6.45) is 0.870. The second-order valence-corrected chi connectivity index (χ2v) is 6.03. The predicted molar refractivity (Wildman–Crippen MR) is 94.2 cm³/mol. The summed E-state index contributed by atoms with van der Waals surface area (Å²) < 4.78 is 5.48. The molecule has 0 heterocycles. The van der Waals surface area contributed by atoms with Crippen LogP contribution in [0.1, 0.15) is 33.5 Å². The third-order valence-electron chi connectivity index (χ3n) is 3.54. The maximum Gasteiger partial charge on any atom is 0.167 e. The first-order valence-corrected chi connectivity index (χ1v) is 7.66. The van der Waals surface area contributed by atoms with Gasteiger partial charge in [0.2, 0.25) is 0 Å². The minimum Gasteiger partial charge on any atom is -0.496 e. The van der Waals surface area contributed by atoms with Gasteiger partial charge < -0.3 is 4.74 Å². The summed E-state index contributed by atoms with van der Waals surface area (Å²) >= 11 is 5.43. The van der Waals surface area contributed by atoms with Crippen LogP contribution >= 0.6 is 12.2 Å². The maximum atomic E-state index is 12.2. The summed E-state index contributed by atoms with van der Waals surface area (Å²) in [5, 5.41) is 0. The molecular weight excluding hydrogens is 292 g/mol. The van der Waals surface area contributed by atoms with Gasteiger partial charge in [0, 0.05) is 23.3 Å². The van der Waals surface area contributed by atoms with E-state index in [2.05, 4.69) is 12.1 Å². The Kier molecular flexibility index (Phi) is 5.45. The zero-order valence-electron chi connectivity index (χ0n) is 13.2. The van der Waals surface area contributed by atoms with Crippen LogP contribution in [-0.2, 0) is 6.42 Å². The fraction of sp³-hybridized carbons (Fsp3) is 0.263. The van der Waals surface area contributed by atoms with Gasteiger partial charge in [0.15, 0.2) is 5.78 Å². The van der Waals surface area contributed by atoms with Crippen LogP contribution in [0.2, 0.25) is 0 Å². The minimum atomic E-state index is 0.0638. The Balaban J connectivity index is 2.11. The van der Waals surface area contributed by atoms with E-state index in [-0.39, 0.29) is 12.2 Å². The van der Waals surface area contributed by atoms with E-state index in [9.17, 15) is 4.79 Å². The first-order valence-electron chi connectivity index (χ1n) is 7.25. The highest BCUT2D eigenvalue weighted by Gasteiger charge is 2.13. The van der Waals surface area contributed by atoms with Gasteiger partial charge >= 0.3 is 0 Å². The highest BCUT2D eigenvalue weighted by molar-refractivity contribution is 7.80. The Bertz CT molecular complexity index is 690. The van der Waals surface area contributed by atoms with Gasteiger partial charge in [-0.3, -0.25) is 4.79 Å². The molecule has 0 bridgehead atoms. The van der Waals surface area contributed by atoms with Crippen molar-refractivity contribution >= 4 is 22.9 Å². The van der Waals surface area contributed by atoms with Crippen LogP contribution in [0, 0.1) is 13.8 Å². The van der Waals surface area contributed by atoms with E-state index in [1.54, 1.807) is 7.11 Å². The predicted octanol–water partition coefficient (Wildman–Crippen LogP) is 4.50. The number of ether oxygens (including phenoxy) is 1. The van der Waals surface area contributed by atoms with Gasteiger partial charge in [-0.2, -0.15) is 0 Å². The van der Waals surface area contributed by atoms with E-state index in [0.29, 0.717) is 12.0 Å². The SMILES string of the molecule is COc1c(C)cc(C)cc1CC(=S)CC(=O)c1ccccc1. The molecule has 2 nitrogen and oxygen atoms in total. The molecule has 0 radical (unpaired) electrons. The topological polar surface area (TPSA) is 26.3 Å². The van der Waals surface area contributed by atoms with E-state index in [1.807, 2.05) is 44.2 Å². The number of ketones is 1. The molecule has 0 aliphatic carbocycles. The molecule has 0 fully saturated rings. The standard InChI is InChI=1S/C19H20O2S/c1-13-9-14(2)19(21-3)16(10-13)11-17(22)12-18(20)15-7-5-4-6-8-15/h4-10H,11-12H2,1-3H3. The summed E-state index contributed by atoms with van der Waals surface area (Å²) in [7, 11) is 1.67. The molecule has 2 aromatic carbocycles. The molecule has 0 atom stereocenters. The fourth-order valence-corrected chi connectivity index (χ4v) is 2.93. The van der Waals surface area contributed by atoms with Crippen molar-refractivity contribution < 1.29 is 9.53 Å². The first kappa shape index (κ1) is 16.4. The molecule has 0 spiro atoms. The average Bonchev–Trinajstić information content (AvgIpc) is 2.47. The highest BCUT2D eigenvalue weighted by Crippen LogP contribution is 2.26. The lowest BCUT2D eigenvalue weighted by Gasteiger charge is -2.13. The van der Waals surface area contributed by atoms with Crippen molar-refractivity contribution in [1.29, 1.82) is 0 Å². The fourth-order valence-electron chi connectivity index (χ4n) is 2.65. The smallest absolute Gasteiger partial charge is 0.167 e. The number of methoxy groups -OCH3 is 1. The first-order chi connectivity index (χ1) is 10.5. The van der Waals surface area contributed by atoms with Crippen LogP contribution in [0.3, 0.4) is 0 Å². The zero-order valence-corrected chi connectivity index (χ0v) is 14.0. The minimum absolute atomic E-state index is 0.0638. The molecule has 0 aliphatic heterocycles. The van der Waals surface area contributed by atoms with Crippen molar-refractivity contribution in [3.63, 3.8) is 0 Å². The Morgan fingerprint density at radius 1 is 1.14 bits per heavy atom. The number of rotatable bonds is 6. The lowest BCUT2D eigenvalue weighted by Crippen LogP contribution is -2.10. The molecular formula is C19H20O2S. The van der Waals surface area contributed by atoms with E-state index in [1.165, 1.54) is 5.56 Å². The molecule has 114 valence electrons. The number of aryl methyl sites for hydroxylation is 2. The lowest BCUT2D eigenvalue weighted by atomic mass is 9.98. The molecule has 0 unspecified atom stereocenters. The molecule has 0 saturated heterocycles. The van der Waals surface area contributed by atoms with Crippen molar-refractivity contribution in [3.8, 4) is 5.75 Å². The van der Waals surface area contributed by atoms with Gasteiger partial charge in [-0.05, 0) is 25.0 Å². The Morgan fingerprint density at radius 2 is 1.82 bits per heavy atom. The van der Waals surface area contributed by atoms with E-state index < -0.39 is 0 Å². The lowest BCUT2D eigenvalue weighted by molar-refractivity contribution is 0.100. The summed E-state index contributed by atoms with van der Waals surface area (Å²) in [6.45, 7) is 4.07. The summed E-state index contributed by atoms with van der Waals surface area (Å²) in [6, 6.07) is 13.4. The second kappa shape index (κ2) is 7.32. The molecule has 0 amide bonds. The second-order valence-electron chi connectivity index (χ2n) is 5.46. The number of benzene rings is 2. The van der Waals surface area contributed by atoms with E-state index in [0.717, 1.165) is 21.7 Å². The summed E-state index contributed by atoms with van der Waals surface area (Å²) in [4.78, 5) is 12.9. The van der Waals surface area contributed by atoms with Crippen LogP contribution in [0.4, 0.5) is 0 Å². The Morgan fingerprint density at radius 3 is 2.45 bits per heavy atom. The van der Waals surface area contributed by atoms with E-state index >= 15 is 0 Å². The van der Waals surface area contributed by atoms with Crippen molar-refractivity contribution in [2.24, 2.45) is 0 Å². The van der Waals surface area contributed by atoms with Gasteiger partial charge in [0.25, 0.3) is 0 Å². The van der Waals surface area contributed by atoms with Gasteiger partial charge in [0.05, 0.1) is 7.11 Å². The molecule has 22 heavy (non-hydrogen) atoms. The van der Waals surface area contributed by atoms with Crippen LogP contribution in [0.5, 0.6) is 5.75 Å². The van der Waals surface area contributed by atoms with Crippen molar-refractivity contribution in [2.75, 3.05) is 7.11 Å². The van der Waals surface area contributed by atoms with Crippen molar-refractivity contribution in [3.05, 3.63) is 64.7 Å². The third-order valence-corrected chi connectivity index (χ3v) is 3.83. The number of hydrogen-bond donors (Lipinski definition) is 0. The molecule has 0 N–H and O–H groups in total. The highest BCUT2D eigenvalue weighted by atomic mass is 32.1.